The maximum Gasteiger partial charge on any atom is 0.244 e. The van der Waals surface area contributed by atoms with Crippen molar-refractivity contribution in [2.45, 2.75) is 18.7 Å². The van der Waals surface area contributed by atoms with E-state index in [1.54, 1.807) is 6.92 Å². The van der Waals surface area contributed by atoms with E-state index >= 15 is 0 Å². The summed E-state index contributed by atoms with van der Waals surface area (Å²) in [6, 6.07) is 3.82. The molecule has 1 amide bonds. The van der Waals surface area contributed by atoms with Gasteiger partial charge in [-0.2, -0.15) is 0 Å². The molecule has 25 heavy (non-hydrogen) atoms. The number of benzene rings is 1. The number of hydrogen-bond donors (Lipinski definition) is 1. The number of carbonyl (C=O) groups is 1. The minimum atomic E-state index is -3.97. The zero-order valence-corrected chi connectivity index (χ0v) is 15.6. The predicted molar refractivity (Wildman–Crippen MR) is 93.4 cm³/mol. The van der Waals surface area contributed by atoms with Crippen LogP contribution in [0.25, 0.3) is 0 Å². The summed E-state index contributed by atoms with van der Waals surface area (Å²) in [7, 11) is -7.81. The van der Waals surface area contributed by atoms with Crippen LogP contribution in [0.15, 0.2) is 35.7 Å². The van der Waals surface area contributed by atoms with Crippen LogP contribution in [-0.4, -0.2) is 41.6 Å². The van der Waals surface area contributed by atoms with Crippen molar-refractivity contribution in [3.8, 4) is 5.75 Å². The molecule has 0 spiro atoms. The van der Waals surface area contributed by atoms with E-state index in [1.807, 2.05) is 0 Å². The van der Waals surface area contributed by atoms with Crippen molar-refractivity contribution >= 4 is 31.6 Å². The van der Waals surface area contributed by atoms with Crippen molar-refractivity contribution in [3.63, 3.8) is 0 Å². The first kappa shape index (κ1) is 19.4. The molecular weight excluding hydrogens is 368 g/mol. The Morgan fingerprint density at radius 2 is 2.12 bits per heavy atom. The van der Waals surface area contributed by atoms with E-state index in [1.165, 1.54) is 25.1 Å². The normalized spacial score (nSPS) is 19.8. The zero-order chi connectivity index (χ0) is 18.8. The molecule has 1 atom stereocenters. The van der Waals surface area contributed by atoms with Gasteiger partial charge in [-0.15, -0.1) is 6.58 Å². The predicted octanol–water partition coefficient (Wildman–Crippen LogP) is 0.862. The van der Waals surface area contributed by atoms with Crippen LogP contribution in [0.1, 0.15) is 13.8 Å². The second-order valence-electron chi connectivity index (χ2n) is 5.49. The lowest BCUT2D eigenvalue weighted by molar-refractivity contribution is -0.119. The van der Waals surface area contributed by atoms with Crippen LogP contribution in [-0.2, 0) is 24.8 Å². The molecule has 1 aliphatic rings. The number of nitrogens with one attached hydrogen (secondary N) is 1. The second-order valence-corrected chi connectivity index (χ2v) is 9.08. The Morgan fingerprint density at radius 1 is 1.44 bits per heavy atom. The fraction of sp³-hybridized carbons (Fsp3) is 0.400. The van der Waals surface area contributed by atoms with Gasteiger partial charge in [0.1, 0.15) is 10.6 Å². The Kier molecular flexibility index (Phi) is 5.55. The van der Waals surface area contributed by atoms with E-state index in [4.69, 9.17) is 4.74 Å². The van der Waals surface area contributed by atoms with Crippen LogP contribution >= 0.6 is 0 Å². The molecule has 1 aromatic rings. The average molecular weight is 388 g/mol. The van der Waals surface area contributed by atoms with E-state index in [2.05, 4.69) is 11.3 Å². The van der Waals surface area contributed by atoms with E-state index in [0.717, 1.165) is 6.07 Å². The third kappa shape index (κ3) is 3.86. The molecule has 1 unspecified atom stereocenters. The molecule has 1 N–H and O–H groups in total. The average Bonchev–Trinajstić information content (AvgIpc) is 2.74. The molecule has 1 aliphatic heterocycles. The van der Waals surface area contributed by atoms with Crippen LogP contribution in [0.2, 0.25) is 0 Å². The van der Waals surface area contributed by atoms with Crippen molar-refractivity contribution in [2.24, 2.45) is 5.92 Å². The molecule has 1 aromatic carbocycles. The monoisotopic (exact) mass is 388 g/mol. The molecule has 0 radical (unpaired) electrons. The summed E-state index contributed by atoms with van der Waals surface area (Å²) < 4.78 is 57.7. The summed E-state index contributed by atoms with van der Waals surface area (Å²) in [5.41, 5.74) is -0.0308. The molecule has 0 bridgehead atoms. The number of sulfonamides is 2. The van der Waals surface area contributed by atoms with E-state index in [-0.39, 0.29) is 35.2 Å². The Bertz CT molecular complexity index is 893. The third-order valence-corrected chi connectivity index (χ3v) is 6.84. The van der Waals surface area contributed by atoms with Gasteiger partial charge >= 0.3 is 0 Å². The third-order valence-electron chi connectivity index (χ3n) is 3.53. The van der Waals surface area contributed by atoms with Crippen LogP contribution in [0.5, 0.6) is 5.75 Å². The number of rotatable bonds is 7. The minimum Gasteiger partial charge on any atom is -0.492 e. The lowest BCUT2D eigenvalue weighted by Crippen LogP contribution is -2.31. The van der Waals surface area contributed by atoms with Gasteiger partial charge in [-0.3, -0.25) is 4.79 Å². The molecule has 1 fully saturated rings. The first-order chi connectivity index (χ1) is 11.6. The quantitative estimate of drug-likeness (QED) is 0.694. The first-order valence-electron chi connectivity index (χ1n) is 7.58. The second kappa shape index (κ2) is 7.14. The molecule has 1 heterocycles. The number of nitrogens with zero attached hydrogens (tertiary/aromatic N) is 1. The summed E-state index contributed by atoms with van der Waals surface area (Å²) in [6.07, 6.45) is 1.37. The van der Waals surface area contributed by atoms with Gasteiger partial charge in [-0.1, -0.05) is 13.0 Å². The van der Waals surface area contributed by atoms with Crippen LogP contribution in [0, 0.1) is 5.92 Å². The van der Waals surface area contributed by atoms with Crippen molar-refractivity contribution in [1.82, 2.24) is 4.72 Å². The fourth-order valence-electron chi connectivity index (χ4n) is 2.44. The van der Waals surface area contributed by atoms with Gasteiger partial charge < -0.3 is 4.74 Å². The lowest BCUT2D eigenvalue weighted by Gasteiger charge is -2.18. The number of carbonyl (C=O) groups excluding carboxylic acids is 1. The maximum atomic E-state index is 12.5. The van der Waals surface area contributed by atoms with Crippen molar-refractivity contribution in [2.75, 3.05) is 23.2 Å². The number of amides is 1. The molecule has 0 aromatic heterocycles. The van der Waals surface area contributed by atoms with Crippen molar-refractivity contribution in [1.29, 1.82) is 0 Å². The maximum absolute atomic E-state index is 12.5. The van der Waals surface area contributed by atoms with E-state index < -0.39 is 31.9 Å². The Hall–Kier alpha value is -1.91. The lowest BCUT2D eigenvalue weighted by atomic mass is 10.2. The molecule has 0 aliphatic carbocycles. The summed E-state index contributed by atoms with van der Waals surface area (Å²) in [5.74, 6) is -1.52. The number of ether oxygens (including phenoxy) is 1. The SMILES string of the molecule is C=CCNS(=O)(=O)c1cc(N2C(=O)C(C)CS2(=O)=O)ccc1OCC. The summed E-state index contributed by atoms with van der Waals surface area (Å²) >= 11 is 0. The highest BCUT2D eigenvalue weighted by Crippen LogP contribution is 2.33. The van der Waals surface area contributed by atoms with Gasteiger partial charge in [0.15, 0.2) is 0 Å². The number of hydrogen-bond acceptors (Lipinski definition) is 6. The summed E-state index contributed by atoms with van der Waals surface area (Å²) in [4.78, 5) is 12.0. The van der Waals surface area contributed by atoms with Gasteiger partial charge in [0, 0.05) is 6.54 Å². The molecule has 2 rings (SSSR count). The smallest absolute Gasteiger partial charge is 0.244 e. The van der Waals surface area contributed by atoms with Crippen LogP contribution < -0.4 is 13.8 Å². The van der Waals surface area contributed by atoms with Crippen molar-refractivity contribution < 1.29 is 26.4 Å². The molecule has 8 nitrogen and oxygen atoms in total. The highest BCUT2D eigenvalue weighted by atomic mass is 32.2. The van der Waals surface area contributed by atoms with Gasteiger partial charge in [-0.25, -0.2) is 25.9 Å². The highest BCUT2D eigenvalue weighted by molar-refractivity contribution is 7.94. The Morgan fingerprint density at radius 3 is 2.64 bits per heavy atom. The largest absolute Gasteiger partial charge is 0.492 e. The van der Waals surface area contributed by atoms with Crippen LogP contribution in [0.4, 0.5) is 5.69 Å². The number of anilines is 1. The van der Waals surface area contributed by atoms with Gasteiger partial charge in [0.05, 0.1) is 24.0 Å². The topological polar surface area (TPSA) is 110 Å². The fourth-order valence-corrected chi connectivity index (χ4v) is 5.41. The first-order valence-corrected chi connectivity index (χ1v) is 10.7. The van der Waals surface area contributed by atoms with Crippen LogP contribution in [0.3, 0.4) is 0 Å². The van der Waals surface area contributed by atoms with Crippen molar-refractivity contribution in [3.05, 3.63) is 30.9 Å². The van der Waals surface area contributed by atoms with Gasteiger partial charge in [-0.05, 0) is 25.1 Å². The van der Waals surface area contributed by atoms with Gasteiger partial charge in [0.2, 0.25) is 26.0 Å². The minimum absolute atomic E-state index is 0.00387. The highest BCUT2D eigenvalue weighted by Gasteiger charge is 2.42. The molecule has 0 saturated carbocycles. The van der Waals surface area contributed by atoms with E-state index in [9.17, 15) is 21.6 Å². The zero-order valence-electron chi connectivity index (χ0n) is 13.9. The summed E-state index contributed by atoms with van der Waals surface area (Å²) in [5, 5.41) is 0. The Balaban J connectivity index is 2.58. The molecule has 10 heteroatoms. The molecule has 1 saturated heterocycles. The standard InChI is InChI=1S/C15H20N2O6S2/c1-4-8-16-25(21,22)14-9-12(6-7-13(14)23-5-2)17-15(18)11(3)10-24(17,19)20/h4,6-7,9,11,16H,1,5,8,10H2,2-3H3. The molecule has 138 valence electrons. The summed E-state index contributed by atoms with van der Waals surface area (Å²) in [6.45, 7) is 6.87. The van der Waals surface area contributed by atoms with Gasteiger partial charge in [0.25, 0.3) is 0 Å². The Labute approximate surface area is 147 Å². The van der Waals surface area contributed by atoms with E-state index in [0.29, 0.717) is 4.31 Å². The molecular formula is C15H20N2O6S2.